The van der Waals surface area contributed by atoms with Gasteiger partial charge in [-0.1, -0.05) is 30.8 Å². The van der Waals surface area contributed by atoms with Crippen LogP contribution in [0.2, 0.25) is 0 Å². The zero-order valence-electron chi connectivity index (χ0n) is 28.3. The molecule has 7 rings (SSSR count). The molecule has 1 spiro atoms. The van der Waals surface area contributed by atoms with Crippen LogP contribution in [0.4, 0.5) is 0 Å². The summed E-state index contributed by atoms with van der Waals surface area (Å²) in [5, 5.41) is 41.7. The third kappa shape index (κ3) is 5.35. The second kappa shape index (κ2) is 12.9. The van der Waals surface area contributed by atoms with Gasteiger partial charge in [0.15, 0.2) is 46.0 Å². The molecule has 0 saturated carbocycles. The van der Waals surface area contributed by atoms with E-state index in [1.54, 1.807) is 48.5 Å². The standard InChI is InChI=1S/C40H40O10/c1-21-36(22-6-10-28(41)32(16-22)45-2)50-39(25-9-13-31(44)35(19-25)48-5)40(21)15-14-26-27(20-40)38(24-8-12-30(43)34(18-24)47-4)49-37(26)23-7-11-29(42)33(17-23)46-3/h6-13,16-19,36-39,41-44H,1,14-15,20H2,2-5H3/t36-,37-,38+,39-,40-/m0/s1. The molecule has 1 saturated heterocycles. The smallest absolute Gasteiger partial charge is 0.160 e. The average molecular weight is 681 g/mol. The summed E-state index contributed by atoms with van der Waals surface area (Å²) in [7, 11) is 6.04. The molecule has 0 unspecified atom stereocenters. The lowest BCUT2D eigenvalue weighted by Gasteiger charge is -2.40. The van der Waals surface area contributed by atoms with Crippen LogP contribution in [0, 0.1) is 5.41 Å². The first-order valence-electron chi connectivity index (χ1n) is 16.3. The lowest BCUT2D eigenvalue weighted by Crippen LogP contribution is -2.31. The van der Waals surface area contributed by atoms with Gasteiger partial charge in [0, 0.05) is 5.41 Å². The zero-order valence-corrected chi connectivity index (χ0v) is 28.3. The van der Waals surface area contributed by atoms with E-state index in [-0.39, 0.29) is 23.0 Å². The highest BCUT2D eigenvalue weighted by Crippen LogP contribution is 2.67. The van der Waals surface area contributed by atoms with Crippen molar-refractivity contribution in [3.63, 3.8) is 0 Å². The molecule has 0 amide bonds. The summed E-state index contributed by atoms with van der Waals surface area (Å²) in [6, 6.07) is 20.9. The van der Waals surface area contributed by atoms with E-state index in [1.165, 1.54) is 28.4 Å². The Balaban J connectivity index is 1.38. The van der Waals surface area contributed by atoms with Gasteiger partial charge in [0.1, 0.15) is 18.3 Å². The molecule has 10 nitrogen and oxygen atoms in total. The van der Waals surface area contributed by atoms with Crippen molar-refractivity contribution in [3.8, 4) is 46.0 Å². The second-order valence-corrected chi connectivity index (χ2v) is 12.9. The van der Waals surface area contributed by atoms with Crippen molar-refractivity contribution in [2.45, 2.75) is 43.7 Å². The van der Waals surface area contributed by atoms with Crippen molar-refractivity contribution in [1.29, 1.82) is 0 Å². The summed E-state index contributed by atoms with van der Waals surface area (Å²) in [6.45, 7) is 4.69. The first kappa shape index (κ1) is 33.2. The van der Waals surface area contributed by atoms with E-state index >= 15 is 0 Å². The van der Waals surface area contributed by atoms with Gasteiger partial charge in [-0.25, -0.2) is 0 Å². The Bertz CT molecular complexity index is 2000. The topological polar surface area (TPSA) is 136 Å². The minimum absolute atomic E-state index is 0.0216. The SMILES string of the molecule is C=C1[C@@H](c2ccc(O)c(OC)c2)O[C@@H](c2ccc(O)c(OC)c2)[C@]12CCC1=C(C2)[C@@H](c2ccc(O)c(OC)c2)O[C@H]1c1ccc(O)c(OC)c1. The molecule has 0 aromatic heterocycles. The lowest BCUT2D eigenvalue weighted by atomic mass is 9.62. The first-order chi connectivity index (χ1) is 24.1. The van der Waals surface area contributed by atoms with Crippen LogP contribution < -0.4 is 18.9 Å². The highest BCUT2D eigenvalue weighted by molar-refractivity contribution is 5.53. The molecule has 1 fully saturated rings. The minimum Gasteiger partial charge on any atom is -0.504 e. The summed E-state index contributed by atoms with van der Waals surface area (Å²) in [4.78, 5) is 0. The van der Waals surface area contributed by atoms with Gasteiger partial charge >= 0.3 is 0 Å². The van der Waals surface area contributed by atoms with Gasteiger partial charge in [-0.15, -0.1) is 0 Å². The number of phenols is 4. The quantitative estimate of drug-likeness (QED) is 0.136. The van der Waals surface area contributed by atoms with E-state index < -0.39 is 29.8 Å². The van der Waals surface area contributed by atoms with Crippen LogP contribution in [0.1, 0.15) is 65.9 Å². The number of benzene rings is 4. The molecule has 0 bridgehead atoms. The molecule has 2 heterocycles. The molecule has 4 aromatic carbocycles. The van der Waals surface area contributed by atoms with Crippen molar-refractivity contribution in [2.24, 2.45) is 5.41 Å². The van der Waals surface area contributed by atoms with E-state index in [0.29, 0.717) is 42.3 Å². The summed E-state index contributed by atoms with van der Waals surface area (Å²) >= 11 is 0. The van der Waals surface area contributed by atoms with Gasteiger partial charge < -0.3 is 48.8 Å². The van der Waals surface area contributed by atoms with E-state index in [4.69, 9.17) is 35.0 Å². The third-order valence-electron chi connectivity index (χ3n) is 10.4. The van der Waals surface area contributed by atoms with Crippen LogP contribution in [-0.2, 0) is 9.47 Å². The number of methoxy groups -OCH3 is 4. The van der Waals surface area contributed by atoms with Gasteiger partial charge in [0.05, 0.1) is 34.5 Å². The van der Waals surface area contributed by atoms with Gasteiger partial charge in [-0.2, -0.15) is 0 Å². The third-order valence-corrected chi connectivity index (χ3v) is 10.4. The number of hydrogen-bond acceptors (Lipinski definition) is 10. The van der Waals surface area contributed by atoms with E-state index in [9.17, 15) is 20.4 Å². The fraction of sp³-hybridized carbons (Fsp3) is 0.300. The molecule has 260 valence electrons. The summed E-state index contributed by atoms with van der Waals surface area (Å²) in [5.74, 6) is 1.44. The Morgan fingerprint density at radius 3 is 1.42 bits per heavy atom. The molecule has 4 N–H and O–H groups in total. The highest BCUT2D eigenvalue weighted by atomic mass is 16.5. The lowest BCUT2D eigenvalue weighted by molar-refractivity contribution is 0.00312. The summed E-state index contributed by atoms with van der Waals surface area (Å²) < 4.78 is 35.8. The zero-order chi connectivity index (χ0) is 35.3. The van der Waals surface area contributed by atoms with Crippen LogP contribution in [-0.4, -0.2) is 48.9 Å². The molecule has 10 heteroatoms. The van der Waals surface area contributed by atoms with E-state index in [1.807, 2.05) is 24.3 Å². The molecule has 4 aromatic rings. The van der Waals surface area contributed by atoms with Gasteiger partial charge in [0.25, 0.3) is 0 Å². The molecule has 0 radical (unpaired) electrons. The highest BCUT2D eigenvalue weighted by Gasteiger charge is 2.56. The summed E-state index contributed by atoms with van der Waals surface area (Å²) in [5.41, 5.74) is 5.67. The number of phenolic OH excluding ortho intramolecular Hbond substituents is 4. The Kier molecular flexibility index (Phi) is 8.53. The van der Waals surface area contributed by atoms with Gasteiger partial charge in [0.2, 0.25) is 0 Å². The van der Waals surface area contributed by atoms with Crippen molar-refractivity contribution >= 4 is 0 Å². The Morgan fingerprint density at radius 1 is 0.560 bits per heavy atom. The maximum Gasteiger partial charge on any atom is 0.160 e. The molecule has 1 aliphatic carbocycles. The van der Waals surface area contributed by atoms with Crippen molar-refractivity contribution in [1.82, 2.24) is 0 Å². The largest absolute Gasteiger partial charge is 0.504 e. The predicted octanol–water partition coefficient (Wildman–Crippen LogP) is 7.89. The minimum atomic E-state index is -0.624. The number of rotatable bonds is 8. The van der Waals surface area contributed by atoms with Crippen molar-refractivity contribution in [3.05, 3.63) is 118 Å². The van der Waals surface area contributed by atoms with Crippen LogP contribution in [0.15, 0.2) is 96.1 Å². The molecular formula is C40H40O10. The normalized spacial score (nSPS) is 24.4. The maximum atomic E-state index is 10.5. The van der Waals surface area contributed by atoms with Crippen LogP contribution >= 0.6 is 0 Å². The molecular weight excluding hydrogens is 640 g/mol. The van der Waals surface area contributed by atoms with Gasteiger partial charge in [-0.05, 0) is 107 Å². The first-order valence-corrected chi connectivity index (χ1v) is 16.3. The number of hydrogen-bond donors (Lipinski definition) is 4. The number of ether oxygens (including phenoxy) is 6. The Hall–Kier alpha value is -5.32. The molecule has 2 aliphatic heterocycles. The molecule has 50 heavy (non-hydrogen) atoms. The Morgan fingerprint density at radius 2 is 0.960 bits per heavy atom. The molecule has 5 atom stereocenters. The predicted molar refractivity (Wildman–Crippen MR) is 184 cm³/mol. The summed E-state index contributed by atoms with van der Waals surface area (Å²) in [6.07, 6.45) is -0.118. The van der Waals surface area contributed by atoms with Crippen LogP contribution in [0.5, 0.6) is 46.0 Å². The van der Waals surface area contributed by atoms with Crippen LogP contribution in [0.25, 0.3) is 0 Å². The van der Waals surface area contributed by atoms with Crippen molar-refractivity contribution < 1.29 is 48.8 Å². The maximum absolute atomic E-state index is 10.5. The van der Waals surface area contributed by atoms with Crippen LogP contribution in [0.3, 0.4) is 0 Å². The Labute approximate surface area is 290 Å². The van der Waals surface area contributed by atoms with E-state index in [2.05, 4.69) is 0 Å². The van der Waals surface area contributed by atoms with E-state index in [0.717, 1.165) is 39.0 Å². The second-order valence-electron chi connectivity index (χ2n) is 12.9. The average Bonchev–Trinajstić information content (AvgIpc) is 3.64. The fourth-order valence-corrected chi connectivity index (χ4v) is 7.86. The van der Waals surface area contributed by atoms with Gasteiger partial charge in [-0.3, -0.25) is 0 Å². The van der Waals surface area contributed by atoms with Crippen molar-refractivity contribution in [2.75, 3.05) is 28.4 Å². The number of aromatic hydroxyl groups is 4. The monoisotopic (exact) mass is 680 g/mol. The fourth-order valence-electron chi connectivity index (χ4n) is 7.86. The molecule has 3 aliphatic rings.